The van der Waals surface area contributed by atoms with E-state index in [4.69, 9.17) is 4.74 Å². The Morgan fingerprint density at radius 2 is 1.67 bits per heavy atom. The van der Waals surface area contributed by atoms with Crippen molar-refractivity contribution in [3.05, 3.63) is 59.7 Å². The van der Waals surface area contributed by atoms with E-state index in [1.54, 1.807) is 0 Å². The lowest BCUT2D eigenvalue weighted by molar-refractivity contribution is -0.142. The van der Waals surface area contributed by atoms with Crippen molar-refractivity contribution in [3.63, 3.8) is 0 Å². The molecule has 0 aromatic heterocycles. The molecule has 2 aromatic rings. The standard InChI is InChI=1S/C26H30N2O5/c1-2-8-23(25(30)31)27-24(29)20-13-7-14-22(20)28-26(32)33-15-21-18-11-5-3-9-16(18)17-10-4-6-12-19(17)21/h3-6,9-12,20-23H,2,7-8,13-15H2,1H3,(H,27,29)(H,28,32)(H,30,31). The zero-order valence-electron chi connectivity index (χ0n) is 18.8. The van der Waals surface area contributed by atoms with Gasteiger partial charge in [-0.05, 0) is 41.5 Å². The van der Waals surface area contributed by atoms with Crippen LogP contribution in [0.2, 0.25) is 0 Å². The van der Waals surface area contributed by atoms with Crippen LogP contribution in [0.3, 0.4) is 0 Å². The van der Waals surface area contributed by atoms with Crippen LogP contribution in [0.5, 0.6) is 0 Å². The Morgan fingerprint density at radius 1 is 1.03 bits per heavy atom. The molecule has 3 atom stereocenters. The SMILES string of the molecule is CCCC(NC(=O)C1CCCC1NC(=O)OCC1c2ccccc2-c2ccccc21)C(=O)O. The number of aliphatic carboxylic acids is 1. The molecule has 0 spiro atoms. The molecular weight excluding hydrogens is 420 g/mol. The van der Waals surface area contributed by atoms with Crippen LogP contribution < -0.4 is 10.6 Å². The number of ether oxygens (including phenoxy) is 1. The molecule has 0 saturated heterocycles. The maximum absolute atomic E-state index is 12.7. The molecule has 2 aliphatic carbocycles. The number of alkyl carbamates (subject to hydrolysis) is 1. The minimum atomic E-state index is -1.04. The second-order valence-corrected chi connectivity index (χ2v) is 8.80. The summed E-state index contributed by atoms with van der Waals surface area (Å²) in [6.45, 7) is 2.08. The third kappa shape index (κ3) is 4.87. The van der Waals surface area contributed by atoms with E-state index in [2.05, 4.69) is 34.9 Å². The van der Waals surface area contributed by atoms with E-state index in [-0.39, 0.29) is 24.5 Å². The van der Waals surface area contributed by atoms with Gasteiger partial charge in [-0.15, -0.1) is 0 Å². The quantitative estimate of drug-likeness (QED) is 0.563. The first-order valence-corrected chi connectivity index (χ1v) is 11.6. The van der Waals surface area contributed by atoms with Gasteiger partial charge in [0.25, 0.3) is 0 Å². The molecule has 2 aromatic carbocycles. The van der Waals surface area contributed by atoms with Gasteiger partial charge in [-0.1, -0.05) is 68.3 Å². The van der Waals surface area contributed by atoms with E-state index in [0.717, 1.165) is 28.7 Å². The van der Waals surface area contributed by atoms with Gasteiger partial charge in [-0.2, -0.15) is 0 Å². The smallest absolute Gasteiger partial charge is 0.407 e. The van der Waals surface area contributed by atoms with Crippen LogP contribution in [0.1, 0.15) is 56.1 Å². The zero-order valence-corrected chi connectivity index (χ0v) is 18.8. The summed E-state index contributed by atoms with van der Waals surface area (Å²) in [6.07, 6.45) is 2.54. The average molecular weight is 451 g/mol. The molecule has 3 unspecified atom stereocenters. The van der Waals surface area contributed by atoms with Crippen molar-refractivity contribution >= 4 is 18.0 Å². The van der Waals surface area contributed by atoms with Gasteiger partial charge >= 0.3 is 12.1 Å². The molecule has 174 valence electrons. The van der Waals surface area contributed by atoms with Gasteiger partial charge in [0.15, 0.2) is 0 Å². The van der Waals surface area contributed by atoms with Crippen molar-refractivity contribution in [2.45, 2.75) is 57.0 Å². The lowest BCUT2D eigenvalue weighted by Gasteiger charge is -2.23. The highest BCUT2D eigenvalue weighted by Crippen LogP contribution is 2.44. The fourth-order valence-corrected chi connectivity index (χ4v) is 5.06. The van der Waals surface area contributed by atoms with Gasteiger partial charge in [-0.25, -0.2) is 9.59 Å². The molecule has 1 fully saturated rings. The molecule has 7 heteroatoms. The topological polar surface area (TPSA) is 105 Å². The van der Waals surface area contributed by atoms with Gasteiger partial charge < -0.3 is 20.5 Å². The van der Waals surface area contributed by atoms with E-state index in [9.17, 15) is 19.5 Å². The average Bonchev–Trinajstić information content (AvgIpc) is 3.40. The summed E-state index contributed by atoms with van der Waals surface area (Å²) < 4.78 is 5.61. The molecule has 4 rings (SSSR count). The lowest BCUT2D eigenvalue weighted by atomic mass is 9.98. The van der Waals surface area contributed by atoms with Crippen LogP contribution in [-0.2, 0) is 14.3 Å². The Kier molecular flexibility index (Phi) is 6.96. The van der Waals surface area contributed by atoms with Crippen LogP contribution in [0, 0.1) is 5.92 Å². The Morgan fingerprint density at radius 3 is 2.27 bits per heavy atom. The Labute approximate surface area is 193 Å². The maximum atomic E-state index is 12.7. The molecule has 0 radical (unpaired) electrons. The summed E-state index contributed by atoms with van der Waals surface area (Å²) in [5, 5.41) is 14.8. The maximum Gasteiger partial charge on any atom is 0.407 e. The number of carboxylic acids is 1. The van der Waals surface area contributed by atoms with Crippen LogP contribution in [0.25, 0.3) is 11.1 Å². The number of benzene rings is 2. The first-order chi connectivity index (χ1) is 16.0. The molecule has 33 heavy (non-hydrogen) atoms. The Hall–Kier alpha value is -3.35. The summed E-state index contributed by atoms with van der Waals surface area (Å²) in [5.41, 5.74) is 4.60. The fraction of sp³-hybridized carbons (Fsp3) is 0.423. The summed E-state index contributed by atoms with van der Waals surface area (Å²) in [5.74, 6) is -1.85. The molecule has 2 amide bonds. The minimum Gasteiger partial charge on any atom is -0.480 e. The number of hydrogen-bond donors (Lipinski definition) is 3. The largest absolute Gasteiger partial charge is 0.480 e. The molecule has 7 nitrogen and oxygen atoms in total. The molecule has 0 heterocycles. The summed E-state index contributed by atoms with van der Waals surface area (Å²) in [6, 6.07) is 15.0. The van der Waals surface area contributed by atoms with Crippen molar-refractivity contribution in [1.29, 1.82) is 0 Å². The van der Waals surface area contributed by atoms with E-state index in [0.29, 0.717) is 25.7 Å². The highest BCUT2D eigenvalue weighted by Gasteiger charge is 2.36. The van der Waals surface area contributed by atoms with Crippen molar-refractivity contribution in [2.24, 2.45) is 5.92 Å². The van der Waals surface area contributed by atoms with Gasteiger partial charge in [-0.3, -0.25) is 4.79 Å². The Balaban J connectivity index is 1.36. The number of hydrogen-bond acceptors (Lipinski definition) is 4. The van der Waals surface area contributed by atoms with E-state index < -0.39 is 24.0 Å². The molecular formula is C26H30N2O5. The highest BCUT2D eigenvalue weighted by molar-refractivity contribution is 5.86. The number of carboxylic acid groups (broad SMARTS) is 1. The van der Waals surface area contributed by atoms with Crippen molar-refractivity contribution < 1.29 is 24.2 Å². The van der Waals surface area contributed by atoms with E-state index in [1.165, 1.54) is 0 Å². The fourth-order valence-electron chi connectivity index (χ4n) is 5.06. The van der Waals surface area contributed by atoms with Crippen molar-refractivity contribution in [2.75, 3.05) is 6.61 Å². The van der Waals surface area contributed by atoms with Crippen molar-refractivity contribution in [3.8, 4) is 11.1 Å². The second-order valence-electron chi connectivity index (χ2n) is 8.80. The molecule has 3 N–H and O–H groups in total. The number of fused-ring (bicyclic) bond motifs is 3. The second kappa shape index (κ2) is 10.1. The van der Waals surface area contributed by atoms with Crippen LogP contribution in [0.4, 0.5) is 4.79 Å². The molecule has 0 bridgehead atoms. The number of nitrogens with one attached hydrogen (secondary N) is 2. The van der Waals surface area contributed by atoms with E-state index >= 15 is 0 Å². The van der Waals surface area contributed by atoms with Gasteiger partial charge in [0.1, 0.15) is 12.6 Å². The van der Waals surface area contributed by atoms with Crippen LogP contribution >= 0.6 is 0 Å². The predicted octanol–water partition coefficient (Wildman–Crippen LogP) is 4.06. The van der Waals surface area contributed by atoms with Gasteiger partial charge in [0.2, 0.25) is 5.91 Å². The summed E-state index contributed by atoms with van der Waals surface area (Å²) >= 11 is 0. The molecule has 2 aliphatic rings. The predicted molar refractivity (Wildman–Crippen MR) is 124 cm³/mol. The highest BCUT2D eigenvalue weighted by atomic mass is 16.5. The molecule has 0 aliphatic heterocycles. The zero-order chi connectivity index (χ0) is 23.4. The van der Waals surface area contributed by atoms with E-state index in [1.807, 2.05) is 31.2 Å². The third-order valence-electron chi connectivity index (χ3n) is 6.69. The summed E-state index contributed by atoms with van der Waals surface area (Å²) in [7, 11) is 0. The van der Waals surface area contributed by atoms with Crippen LogP contribution in [-0.4, -0.2) is 41.8 Å². The Bertz CT molecular complexity index is 991. The van der Waals surface area contributed by atoms with Crippen LogP contribution in [0.15, 0.2) is 48.5 Å². The lowest BCUT2D eigenvalue weighted by Crippen LogP contribution is -2.48. The normalized spacial score (nSPS) is 19.9. The number of rotatable bonds is 8. The first kappa shape index (κ1) is 22.8. The monoisotopic (exact) mass is 450 g/mol. The summed E-state index contributed by atoms with van der Waals surface area (Å²) in [4.78, 5) is 36.7. The number of amides is 2. The van der Waals surface area contributed by atoms with Crippen molar-refractivity contribution in [1.82, 2.24) is 10.6 Å². The van der Waals surface area contributed by atoms with Gasteiger partial charge in [0.05, 0.1) is 5.92 Å². The minimum absolute atomic E-state index is 0.0313. The molecule has 1 saturated carbocycles. The first-order valence-electron chi connectivity index (χ1n) is 11.6. The van der Waals surface area contributed by atoms with Gasteiger partial charge in [0, 0.05) is 12.0 Å². The third-order valence-corrected chi connectivity index (χ3v) is 6.69. The number of carbonyl (C=O) groups is 3. The number of carbonyl (C=O) groups excluding carboxylic acids is 2.